The zero-order valence-electron chi connectivity index (χ0n) is 11.3. The van der Waals surface area contributed by atoms with Crippen LogP contribution in [0.1, 0.15) is 19.8 Å². The second-order valence-electron chi connectivity index (χ2n) is 4.99. The van der Waals surface area contributed by atoms with Crippen molar-refractivity contribution in [3.63, 3.8) is 0 Å². The average molecular weight is 249 g/mol. The number of anilines is 2. The first-order chi connectivity index (χ1) is 8.69. The van der Waals surface area contributed by atoms with Crippen LogP contribution in [-0.2, 0) is 0 Å². The summed E-state index contributed by atoms with van der Waals surface area (Å²) in [7, 11) is 2.15. The summed E-state index contributed by atoms with van der Waals surface area (Å²) in [6.45, 7) is 5.05. The average Bonchev–Trinajstić information content (AvgIpc) is 2.75. The van der Waals surface area contributed by atoms with Gasteiger partial charge in [-0.05, 0) is 38.6 Å². The van der Waals surface area contributed by atoms with Crippen molar-refractivity contribution in [1.29, 1.82) is 0 Å². The fourth-order valence-electron chi connectivity index (χ4n) is 2.25. The maximum Gasteiger partial charge on any atom is 0.144 e. The molecule has 0 bridgehead atoms. The third-order valence-corrected chi connectivity index (χ3v) is 3.24. The summed E-state index contributed by atoms with van der Waals surface area (Å²) in [6, 6.07) is 6.46. The lowest BCUT2D eigenvalue weighted by Gasteiger charge is -2.16. The number of likely N-dealkylation sites (N-methyl/N-ethyl adjacent to an activating group) is 1. The van der Waals surface area contributed by atoms with Gasteiger partial charge in [-0.3, -0.25) is 0 Å². The molecule has 1 aromatic rings. The Morgan fingerprint density at radius 1 is 1.50 bits per heavy atom. The predicted octanol–water partition coefficient (Wildman–Crippen LogP) is 2.17. The van der Waals surface area contributed by atoms with Gasteiger partial charge in [0.1, 0.15) is 5.75 Å². The van der Waals surface area contributed by atoms with Crippen LogP contribution < -0.4 is 15.8 Å². The van der Waals surface area contributed by atoms with Gasteiger partial charge < -0.3 is 20.7 Å². The van der Waals surface area contributed by atoms with Gasteiger partial charge in [0.25, 0.3) is 0 Å². The molecule has 0 aromatic heterocycles. The van der Waals surface area contributed by atoms with Crippen molar-refractivity contribution in [2.24, 2.45) is 0 Å². The van der Waals surface area contributed by atoms with Crippen LogP contribution in [0.2, 0.25) is 0 Å². The van der Waals surface area contributed by atoms with Crippen molar-refractivity contribution in [2.45, 2.75) is 25.8 Å². The highest BCUT2D eigenvalue weighted by molar-refractivity contribution is 5.61. The van der Waals surface area contributed by atoms with Crippen molar-refractivity contribution in [1.82, 2.24) is 4.90 Å². The van der Waals surface area contributed by atoms with Gasteiger partial charge in [-0.15, -0.1) is 0 Å². The molecule has 1 atom stereocenters. The second-order valence-corrected chi connectivity index (χ2v) is 4.99. The third-order valence-electron chi connectivity index (χ3n) is 3.24. The second kappa shape index (κ2) is 5.96. The van der Waals surface area contributed by atoms with Crippen LogP contribution in [0.4, 0.5) is 11.4 Å². The number of ether oxygens (including phenoxy) is 1. The molecular formula is C14H23N3O. The summed E-state index contributed by atoms with van der Waals surface area (Å²) >= 11 is 0. The smallest absolute Gasteiger partial charge is 0.144 e. The summed E-state index contributed by atoms with van der Waals surface area (Å²) < 4.78 is 5.64. The fourth-order valence-corrected chi connectivity index (χ4v) is 2.25. The number of likely N-dealkylation sites (tertiary alicyclic amines) is 1. The molecule has 4 nitrogen and oxygen atoms in total. The highest BCUT2D eigenvalue weighted by Gasteiger charge is 2.19. The van der Waals surface area contributed by atoms with Crippen LogP contribution in [0.25, 0.3) is 0 Å². The van der Waals surface area contributed by atoms with E-state index in [9.17, 15) is 0 Å². The van der Waals surface area contributed by atoms with E-state index in [4.69, 9.17) is 10.5 Å². The minimum Gasteiger partial charge on any atom is -0.491 e. The van der Waals surface area contributed by atoms with Crippen LogP contribution in [0.5, 0.6) is 5.75 Å². The maximum atomic E-state index is 5.90. The van der Waals surface area contributed by atoms with Gasteiger partial charge in [0.05, 0.1) is 12.3 Å². The Bertz CT molecular complexity index is 395. The van der Waals surface area contributed by atoms with Crippen molar-refractivity contribution in [2.75, 3.05) is 37.8 Å². The van der Waals surface area contributed by atoms with Crippen molar-refractivity contribution < 1.29 is 4.74 Å². The minimum atomic E-state index is 0.526. The Hall–Kier alpha value is -1.42. The molecule has 18 heavy (non-hydrogen) atoms. The number of nitrogens with one attached hydrogen (secondary N) is 1. The molecular weight excluding hydrogens is 226 g/mol. The maximum absolute atomic E-state index is 5.90. The number of nitrogens with two attached hydrogens (primary N) is 1. The molecule has 0 aliphatic carbocycles. The Morgan fingerprint density at radius 2 is 2.33 bits per heavy atom. The summed E-state index contributed by atoms with van der Waals surface area (Å²) in [6.07, 6.45) is 2.18. The van der Waals surface area contributed by atoms with E-state index in [1.807, 2.05) is 18.2 Å². The van der Waals surface area contributed by atoms with Gasteiger partial charge in [0, 0.05) is 24.3 Å². The lowest BCUT2D eigenvalue weighted by molar-refractivity contribution is 0.319. The molecule has 1 aliphatic rings. The van der Waals surface area contributed by atoms with Gasteiger partial charge in [-0.1, -0.05) is 6.92 Å². The van der Waals surface area contributed by atoms with Gasteiger partial charge in [-0.25, -0.2) is 0 Å². The van der Waals surface area contributed by atoms with Gasteiger partial charge >= 0.3 is 0 Å². The molecule has 1 fully saturated rings. The van der Waals surface area contributed by atoms with E-state index in [0.717, 1.165) is 30.9 Å². The molecule has 3 N–H and O–H groups in total. The fraction of sp³-hybridized carbons (Fsp3) is 0.571. The first-order valence-electron chi connectivity index (χ1n) is 6.66. The van der Waals surface area contributed by atoms with E-state index in [1.54, 1.807) is 0 Å². The molecule has 4 heteroatoms. The Kier molecular flexibility index (Phi) is 4.31. The van der Waals surface area contributed by atoms with E-state index in [2.05, 4.69) is 24.2 Å². The number of benzene rings is 1. The Morgan fingerprint density at radius 3 is 3.00 bits per heavy atom. The van der Waals surface area contributed by atoms with Crippen molar-refractivity contribution in [3.8, 4) is 5.75 Å². The highest BCUT2D eigenvalue weighted by atomic mass is 16.5. The SMILES string of the molecule is CCCOc1cc(NC2CCN(C)C2)ccc1N. The molecule has 0 saturated carbocycles. The van der Waals surface area contributed by atoms with Crippen LogP contribution in [0.15, 0.2) is 18.2 Å². The molecule has 0 radical (unpaired) electrons. The lowest BCUT2D eigenvalue weighted by Crippen LogP contribution is -2.23. The Labute approximate surface area is 109 Å². The molecule has 1 heterocycles. The van der Waals surface area contributed by atoms with E-state index in [0.29, 0.717) is 18.3 Å². The monoisotopic (exact) mass is 249 g/mol. The zero-order valence-corrected chi connectivity index (χ0v) is 11.3. The first kappa shape index (κ1) is 13.0. The van der Waals surface area contributed by atoms with Crippen LogP contribution in [0, 0.1) is 0 Å². The molecule has 0 amide bonds. The quantitative estimate of drug-likeness (QED) is 0.785. The molecule has 1 aromatic carbocycles. The summed E-state index contributed by atoms with van der Waals surface area (Å²) in [4.78, 5) is 2.34. The van der Waals surface area contributed by atoms with Gasteiger partial charge in [-0.2, -0.15) is 0 Å². The number of hydrogen-bond acceptors (Lipinski definition) is 4. The highest BCUT2D eigenvalue weighted by Crippen LogP contribution is 2.26. The minimum absolute atomic E-state index is 0.526. The molecule has 1 aliphatic heterocycles. The van der Waals surface area contributed by atoms with E-state index >= 15 is 0 Å². The summed E-state index contributed by atoms with van der Waals surface area (Å²) in [5.41, 5.74) is 7.70. The van der Waals surface area contributed by atoms with Crippen molar-refractivity contribution >= 4 is 11.4 Å². The van der Waals surface area contributed by atoms with Crippen LogP contribution in [-0.4, -0.2) is 37.7 Å². The molecule has 0 spiro atoms. The number of nitrogens with zero attached hydrogens (tertiary/aromatic N) is 1. The zero-order chi connectivity index (χ0) is 13.0. The topological polar surface area (TPSA) is 50.5 Å². The summed E-state index contributed by atoms with van der Waals surface area (Å²) in [5.74, 6) is 0.785. The van der Waals surface area contributed by atoms with Gasteiger partial charge in [0.2, 0.25) is 0 Å². The normalized spacial score (nSPS) is 20.0. The third kappa shape index (κ3) is 3.29. The standard InChI is InChI=1S/C14H23N3O/c1-3-8-18-14-9-11(4-5-13(14)15)16-12-6-7-17(2)10-12/h4-5,9,12,16H,3,6-8,10,15H2,1-2H3. The first-order valence-corrected chi connectivity index (χ1v) is 6.66. The van der Waals surface area contributed by atoms with E-state index in [1.165, 1.54) is 6.42 Å². The molecule has 1 saturated heterocycles. The number of hydrogen-bond donors (Lipinski definition) is 2. The largest absolute Gasteiger partial charge is 0.491 e. The van der Waals surface area contributed by atoms with E-state index < -0.39 is 0 Å². The van der Waals surface area contributed by atoms with Gasteiger partial charge in [0.15, 0.2) is 0 Å². The Balaban J connectivity index is 2.00. The number of rotatable bonds is 5. The van der Waals surface area contributed by atoms with E-state index in [-0.39, 0.29) is 0 Å². The lowest BCUT2D eigenvalue weighted by atomic mass is 10.2. The predicted molar refractivity (Wildman–Crippen MR) is 76.2 cm³/mol. The molecule has 2 rings (SSSR count). The van der Waals surface area contributed by atoms with Crippen molar-refractivity contribution in [3.05, 3.63) is 18.2 Å². The summed E-state index contributed by atoms with van der Waals surface area (Å²) in [5, 5.41) is 3.54. The molecule has 100 valence electrons. The molecule has 1 unspecified atom stereocenters. The number of nitrogen functional groups attached to an aromatic ring is 1. The van der Waals surface area contributed by atoms with Crippen LogP contribution >= 0.6 is 0 Å². The van der Waals surface area contributed by atoms with Crippen LogP contribution in [0.3, 0.4) is 0 Å².